The Morgan fingerprint density at radius 2 is 1.86 bits per heavy atom. The van der Waals surface area contributed by atoms with Gasteiger partial charge in [0, 0.05) is 18.4 Å². The van der Waals surface area contributed by atoms with Crippen molar-refractivity contribution in [2.24, 2.45) is 5.41 Å². The number of Topliss-reactive ketones (excluding diaryl/α,β-unsaturated/α-hetero) is 1. The Labute approximate surface area is 127 Å². The SMILES string of the molecule is CC1(C)CC(=O)c2c(oc(N)c2C(=O)c2ccc(F)cc2)C1. The zero-order chi connectivity index (χ0) is 16.1. The molecule has 0 atom stereocenters. The molecule has 0 radical (unpaired) electrons. The van der Waals surface area contributed by atoms with Crippen molar-refractivity contribution in [1.82, 2.24) is 0 Å². The molecule has 5 heteroatoms. The van der Waals surface area contributed by atoms with E-state index >= 15 is 0 Å². The molecule has 0 unspecified atom stereocenters. The highest BCUT2D eigenvalue weighted by atomic mass is 19.1. The van der Waals surface area contributed by atoms with Gasteiger partial charge in [-0.15, -0.1) is 0 Å². The van der Waals surface area contributed by atoms with Crippen LogP contribution in [0.5, 0.6) is 0 Å². The highest BCUT2D eigenvalue weighted by Gasteiger charge is 2.38. The first-order chi connectivity index (χ1) is 10.3. The van der Waals surface area contributed by atoms with Crippen molar-refractivity contribution in [1.29, 1.82) is 0 Å². The Kier molecular flexibility index (Phi) is 3.16. The van der Waals surface area contributed by atoms with Gasteiger partial charge < -0.3 is 10.2 Å². The molecule has 2 aromatic rings. The molecular weight excluding hydrogens is 285 g/mol. The number of ketones is 2. The standard InChI is InChI=1S/C17H16FNO3/c1-17(2)7-11(20)13-12(8-17)22-16(19)14(13)15(21)9-3-5-10(18)6-4-9/h3-6H,7-8,19H2,1-2H3. The molecule has 114 valence electrons. The van der Waals surface area contributed by atoms with E-state index in [0.29, 0.717) is 18.6 Å². The number of rotatable bonds is 2. The van der Waals surface area contributed by atoms with Gasteiger partial charge in [-0.25, -0.2) is 4.39 Å². The Morgan fingerprint density at radius 3 is 2.50 bits per heavy atom. The number of fused-ring (bicyclic) bond motifs is 1. The molecule has 3 rings (SSSR count). The summed E-state index contributed by atoms with van der Waals surface area (Å²) in [5, 5.41) is 0. The van der Waals surface area contributed by atoms with Crippen molar-refractivity contribution < 1.29 is 18.4 Å². The average molecular weight is 301 g/mol. The van der Waals surface area contributed by atoms with Gasteiger partial charge in [0.05, 0.1) is 11.1 Å². The molecule has 1 heterocycles. The highest BCUT2D eigenvalue weighted by Crippen LogP contribution is 2.40. The molecule has 1 aromatic heterocycles. The van der Waals surface area contributed by atoms with Crippen molar-refractivity contribution in [3.63, 3.8) is 0 Å². The van der Waals surface area contributed by atoms with Gasteiger partial charge in [-0.05, 0) is 29.7 Å². The molecule has 0 saturated carbocycles. The number of nitrogens with two attached hydrogens (primary N) is 1. The van der Waals surface area contributed by atoms with E-state index in [2.05, 4.69) is 0 Å². The maximum Gasteiger partial charge on any atom is 0.202 e. The van der Waals surface area contributed by atoms with E-state index < -0.39 is 11.6 Å². The van der Waals surface area contributed by atoms with Crippen LogP contribution in [-0.2, 0) is 6.42 Å². The van der Waals surface area contributed by atoms with Crippen LogP contribution in [0.15, 0.2) is 28.7 Å². The second kappa shape index (κ2) is 4.80. The van der Waals surface area contributed by atoms with Gasteiger partial charge in [0.15, 0.2) is 11.6 Å². The third-order valence-corrected chi connectivity index (χ3v) is 3.90. The van der Waals surface area contributed by atoms with Gasteiger partial charge in [0.2, 0.25) is 5.88 Å². The number of hydrogen-bond acceptors (Lipinski definition) is 4. The smallest absolute Gasteiger partial charge is 0.202 e. The maximum atomic E-state index is 13.0. The molecule has 0 saturated heterocycles. The quantitative estimate of drug-likeness (QED) is 0.863. The van der Waals surface area contributed by atoms with E-state index in [1.165, 1.54) is 24.3 Å². The molecule has 1 aliphatic rings. The first-order valence-electron chi connectivity index (χ1n) is 7.03. The lowest BCUT2D eigenvalue weighted by atomic mass is 9.75. The molecule has 1 aliphatic carbocycles. The first kappa shape index (κ1) is 14.5. The van der Waals surface area contributed by atoms with Crippen LogP contribution in [0.25, 0.3) is 0 Å². The molecule has 0 aliphatic heterocycles. The lowest BCUT2D eigenvalue weighted by molar-refractivity contribution is 0.0896. The average Bonchev–Trinajstić information content (AvgIpc) is 2.73. The second-order valence-corrected chi connectivity index (χ2v) is 6.42. The van der Waals surface area contributed by atoms with Gasteiger partial charge >= 0.3 is 0 Å². The van der Waals surface area contributed by atoms with E-state index in [1.54, 1.807) is 0 Å². The van der Waals surface area contributed by atoms with Gasteiger partial charge in [0.1, 0.15) is 11.6 Å². The molecule has 2 N–H and O–H groups in total. The summed E-state index contributed by atoms with van der Waals surface area (Å²) in [6.45, 7) is 3.93. The Balaban J connectivity index is 2.09. The largest absolute Gasteiger partial charge is 0.444 e. The lowest BCUT2D eigenvalue weighted by Gasteiger charge is -2.27. The number of carbonyl (C=O) groups is 2. The summed E-state index contributed by atoms with van der Waals surface area (Å²) in [5.41, 5.74) is 6.26. The van der Waals surface area contributed by atoms with Gasteiger partial charge in [-0.3, -0.25) is 9.59 Å². The van der Waals surface area contributed by atoms with Gasteiger partial charge in [-0.1, -0.05) is 13.8 Å². The number of halogens is 1. The monoisotopic (exact) mass is 301 g/mol. The van der Waals surface area contributed by atoms with Gasteiger partial charge in [0.25, 0.3) is 0 Å². The molecule has 0 amide bonds. The topological polar surface area (TPSA) is 73.3 Å². The predicted molar refractivity (Wildman–Crippen MR) is 79.4 cm³/mol. The molecule has 0 bridgehead atoms. The van der Waals surface area contributed by atoms with E-state index in [0.717, 1.165) is 0 Å². The summed E-state index contributed by atoms with van der Waals surface area (Å²) in [7, 11) is 0. The van der Waals surface area contributed by atoms with Crippen LogP contribution in [0.4, 0.5) is 10.3 Å². The fourth-order valence-corrected chi connectivity index (χ4v) is 2.91. The fraction of sp³-hybridized carbons (Fsp3) is 0.294. The number of benzene rings is 1. The first-order valence-corrected chi connectivity index (χ1v) is 7.03. The zero-order valence-corrected chi connectivity index (χ0v) is 12.4. The summed E-state index contributed by atoms with van der Waals surface area (Å²) in [5.74, 6) is -0.584. The molecule has 0 spiro atoms. The zero-order valence-electron chi connectivity index (χ0n) is 12.4. The maximum absolute atomic E-state index is 13.0. The Morgan fingerprint density at radius 1 is 1.23 bits per heavy atom. The molecular formula is C17H16FNO3. The van der Waals surface area contributed by atoms with Crippen molar-refractivity contribution in [2.45, 2.75) is 26.7 Å². The molecule has 1 aromatic carbocycles. The van der Waals surface area contributed by atoms with Crippen molar-refractivity contribution in [2.75, 3.05) is 5.73 Å². The Hall–Kier alpha value is -2.43. The Bertz CT molecular complexity index is 772. The fourth-order valence-electron chi connectivity index (χ4n) is 2.91. The minimum atomic E-state index is -0.434. The predicted octanol–water partition coefficient (Wildman–Crippen LogP) is 3.39. The van der Waals surface area contributed by atoms with Crippen molar-refractivity contribution in [3.05, 3.63) is 52.5 Å². The van der Waals surface area contributed by atoms with Crippen molar-refractivity contribution >= 4 is 17.5 Å². The highest BCUT2D eigenvalue weighted by molar-refractivity contribution is 6.18. The lowest BCUT2D eigenvalue weighted by Crippen LogP contribution is -2.27. The van der Waals surface area contributed by atoms with Crippen molar-refractivity contribution in [3.8, 4) is 0 Å². The van der Waals surface area contributed by atoms with Crippen LogP contribution < -0.4 is 5.73 Å². The van der Waals surface area contributed by atoms with E-state index in [9.17, 15) is 14.0 Å². The number of hydrogen-bond donors (Lipinski definition) is 1. The third-order valence-electron chi connectivity index (χ3n) is 3.90. The van der Waals surface area contributed by atoms with Gasteiger partial charge in [-0.2, -0.15) is 0 Å². The van der Waals surface area contributed by atoms with Crippen LogP contribution in [0.2, 0.25) is 0 Å². The van der Waals surface area contributed by atoms with E-state index in [1.807, 2.05) is 13.8 Å². The summed E-state index contributed by atoms with van der Waals surface area (Å²) >= 11 is 0. The number of nitrogen functional groups attached to an aromatic ring is 1. The number of carbonyl (C=O) groups excluding carboxylic acids is 2. The summed E-state index contributed by atoms with van der Waals surface area (Å²) in [6, 6.07) is 5.13. The van der Waals surface area contributed by atoms with Crippen LogP contribution in [0.1, 0.15) is 52.3 Å². The normalized spacial score (nSPS) is 16.4. The summed E-state index contributed by atoms with van der Waals surface area (Å²) in [6.07, 6.45) is 0.887. The minimum absolute atomic E-state index is 0.0506. The molecule has 4 nitrogen and oxygen atoms in total. The second-order valence-electron chi connectivity index (χ2n) is 6.42. The van der Waals surface area contributed by atoms with E-state index in [-0.39, 0.29) is 33.8 Å². The number of anilines is 1. The third kappa shape index (κ3) is 2.32. The molecule has 0 fully saturated rings. The van der Waals surface area contributed by atoms with Crippen LogP contribution >= 0.6 is 0 Å². The minimum Gasteiger partial charge on any atom is -0.444 e. The van der Waals surface area contributed by atoms with Crippen LogP contribution in [0, 0.1) is 11.2 Å². The van der Waals surface area contributed by atoms with E-state index in [4.69, 9.17) is 10.2 Å². The van der Waals surface area contributed by atoms with Crippen LogP contribution in [-0.4, -0.2) is 11.6 Å². The van der Waals surface area contributed by atoms with Crippen LogP contribution in [0.3, 0.4) is 0 Å². The summed E-state index contributed by atoms with van der Waals surface area (Å²) in [4.78, 5) is 25.0. The summed E-state index contributed by atoms with van der Waals surface area (Å²) < 4.78 is 18.5. The number of furan rings is 1. The molecule has 22 heavy (non-hydrogen) atoms.